The van der Waals surface area contributed by atoms with Gasteiger partial charge in [-0.2, -0.15) is 0 Å². The lowest BCUT2D eigenvalue weighted by atomic mass is 10.1. The first-order valence-corrected chi connectivity index (χ1v) is 11.4. The van der Waals surface area contributed by atoms with Gasteiger partial charge in [-0.15, -0.1) is 0 Å². The fraction of sp³-hybridized carbons (Fsp3) is 0.0952. The number of carbonyl (C=O) groups is 2. The molecule has 0 fully saturated rings. The van der Waals surface area contributed by atoms with Gasteiger partial charge in [-0.25, -0.2) is 18.2 Å². The van der Waals surface area contributed by atoms with E-state index in [4.69, 9.17) is 5.11 Å². The molecule has 0 radical (unpaired) electrons. The van der Waals surface area contributed by atoms with E-state index in [0.29, 0.717) is 10.8 Å². The Balaban J connectivity index is 1.97. The van der Waals surface area contributed by atoms with Gasteiger partial charge >= 0.3 is 5.97 Å². The van der Waals surface area contributed by atoms with E-state index < -0.39 is 15.8 Å². The van der Waals surface area contributed by atoms with Gasteiger partial charge in [-0.3, -0.25) is 4.79 Å². The molecule has 1 amide bonds. The van der Waals surface area contributed by atoms with Crippen LogP contribution in [0.2, 0.25) is 0 Å². The van der Waals surface area contributed by atoms with Crippen LogP contribution in [-0.4, -0.2) is 36.6 Å². The van der Waals surface area contributed by atoms with Crippen LogP contribution in [-0.2, 0) is 14.6 Å². The molecule has 154 valence electrons. The van der Waals surface area contributed by atoms with Crippen molar-refractivity contribution in [2.75, 3.05) is 11.6 Å². The zero-order valence-electron chi connectivity index (χ0n) is 16.1. The highest BCUT2D eigenvalue weighted by Gasteiger charge is 2.14. The highest BCUT2D eigenvalue weighted by Crippen LogP contribution is 2.34. The molecule has 0 saturated heterocycles. The number of aromatic nitrogens is 1. The minimum Gasteiger partial charge on any atom is -0.478 e. The number of sulfone groups is 1. The van der Waals surface area contributed by atoms with Crippen LogP contribution in [0.4, 0.5) is 5.13 Å². The molecular weight excluding hydrogens is 424 g/mol. The molecule has 3 rings (SSSR count). The smallest absolute Gasteiger partial charge is 0.335 e. The number of nitrogens with one attached hydrogen (secondary N) is 1. The molecule has 0 atom stereocenters. The SMILES string of the molecule is CC(=O)Nc1nc(C=Cc2ccc(C(=O)O)cc2)c(-c2ccc(S(C)(=O)=O)cc2)s1. The van der Waals surface area contributed by atoms with Crippen molar-refractivity contribution in [2.24, 2.45) is 0 Å². The van der Waals surface area contributed by atoms with Crippen molar-refractivity contribution in [1.29, 1.82) is 0 Å². The summed E-state index contributed by atoms with van der Waals surface area (Å²) >= 11 is 1.27. The van der Waals surface area contributed by atoms with Gasteiger partial charge in [0.25, 0.3) is 0 Å². The van der Waals surface area contributed by atoms with Gasteiger partial charge in [0.1, 0.15) is 0 Å². The first-order chi connectivity index (χ1) is 14.1. The second kappa shape index (κ2) is 8.60. The van der Waals surface area contributed by atoms with Crippen LogP contribution in [0.15, 0.2) is 53.4 Å². The number of hydrogen-bond donors (Lipinski definition) is 2. The van der Waals surface area contributed by atoms with Crippen LogP contribution in [0.3, 0.4) is 0 Å². The molecule has 30 heavy (non-hydrogen) atoms. The Morgan fingerprint density at radius 3 is 2.20 bits per heavy atom. The number of hydrogen-bond acceptors (Lipinski definition) is 6. The molecular formula is C21H18N2O5S2. The summed E-state index contributed by atoms with van der Waals surface area (Å²) in [6, 6.07) is 12.8. The fourth-order valence-electron chi connectivity index (χ4n) is 2.62. The van der Waals surface area contributed by atoms with Crippen LogP contribution in [0, 0.1) is 0 Å². The predicted molar refractivity (Wildman–Crippen MR) is 117 cm³/mol. The number of benzene rings is 2. The first-order valence-electron chi connectivity index (χ1n) is 8.74. The highest BCUT2D eigenvalue weighted by atomic mass is 32.2. The quantitative estimate of drug-likeness (QED) is 0.596. The Hall–Kier alpha value is -3.30. The van der Waals surface area contributed by atoms with E-state index in [1.165, 1.54) is 42.5 Å². The summed E-state index contributed by atoms with van der Waals surface area (Å²) in [5.74, 6) is -1.24. The Kier molecular flexibility index (Phi) is 6.14. The lowest BCUT2D eigenvalue weighted by Crippen LogP contribution is -2.04. The lowest BCUT2D eigenvalue weighted by Gasteiger charge is -2.02. The number of thiazole rings is 1. The minimum atomic E-state index is -3.30. The van der Waals surface area contributed by atoms with Crippen molar-refractivity contribution < 1.29 is 23.1 Å². The second-order valence-electron chi connectivity index (χ2n) is 6.47. The zero-order valence-corrected chi connectivity index (χ0v) is 17.8. The van der Waals surface area contributed by atoms with Crippen LogP contribution in [0.5, 0.6) is 0 Å². The molecule has 0 aliphatic rings. The summed E-state index contributed by atoms with van der Waals surface area (Å²) in [4.78, 5) is 27.8. The molecule has 7 nitrogen and oxygen atoms in total. The number of carbonyl (C=O) groups excluding carboxylic acids is 1. The van der Waals surface area contributed by atoms with Crippen molar-refractivity contribution in [3.63, 3.8) is 0 Å². The van der Waals surface area contributed by atoms with Gasteiger partial charge in [-0.1, -0.05) is 41.7 Å². The molecule has 0 spiro atoms. The van der Waals surface area contributed by atoms with Crippen molar-refractivity contribution in [3.8, 4) is 10.4 Å². The summed E-state index contributed by atoms with van der Waals surface area (Å²) in [6.07, 6.45) is 4.69. The number of amides is 1. The Morgan fingerprint density at radius 1 is 1.03 bits per heavy atom. The van der Waals surface area contributed by atoms with E-state index in [0.717, 1.165) is 22.3 Å². The third-order valence-electron chi connectivity index (χ3n) is 4.07. The molecule has 0 unspecified atom stereocenters. The standard InChI is InChI=1S/C21H18N2O5S2/c1-13(24)22-21-23-18(12-5-14-3-6-16(7-4-14)20(25)26)19(29-21)15-8-10-17(11-9-15)30(2,27)28/h3-12H,1-2H3,(H,25,26)(H,22,23,24). The van der Waals surface area contributed by atoms with E-state index >= 15 is 0 Å². The molecule has 1 heterocycles. The van der Waals surface area contributed by atoms with Gasteiger partial charge in [0.15, 0.2) is 15.0 Å². The zero-order chi connectivity index (χ0) is 21.9. The second-order valence-corrected chi connectivity index (χ2v) is 9.49. The summed E-state index contributed by atoms with van der Waals surface area (Å²) < 4.78 is 23.4. The average molecular weight is 443 g/mol. The number of carboxylic acids is 1. The fourth-order valence-corrected chi connectivity index (χ4v) is 4.26. The summed E-state index contributed by atoms with van der Waals surface area (Å²) in [5, 5.41) is 12.1. The number of nitrogens with zero attached hydrogens (tertiary/aromatic N) is 1. The van der Waals surface area contributed by atoms with Crippen molar-refractivity contribution in [2.45, 2.75) is 11.8 Å². The Labute approximate surface area is 177 Å². The minimum absolute atomic E-state index is 0.195. The molecule has 0 saturated carbocycles. The third kappa shape index (κ3) is 5.19. The number of rotatable bonds is 6. The molecule has 0 aliphatic heterocycles. The maximum absolute atomic E-state index is 11.7. The predicted octanol–water partition coefficient (Wildman–Crippen LogP) is 4.04. The molecule has 9 heteroatoms. The molecule has 0 aliphatic carbocycles. The molecule has 2 N–H and O–H groups in total. The molecule has 2 aromatic carbocycles. The summed E-state index contributed by atoms with van der Waals surface area (Å²) in [5.41, 5.74) is 2.34. The van der Waals surface area contributed by atoms with E-state index in [1.807, 2.05) is 0 Å². The van der Waals surface area contributed by atoms with Crippen LogP contribution in [0.25, 0.3) is 22.6 Å². The van der Waals surface area contributed by atoms with Crippen LogP contribution < -0.4 is 5.32 Å². The topological polar surface area (TPSA) is 113 Å². The summed E-state index contributed by atoms with van der Waals surface area (Å²) in [7, 11) is -3.30. The molecule has 1 aromatic heterocycles. The maximum atomic E-state index is 11.7. The molecule has 3 aromatic rings. The van der Waals surface area contributed by atoms with Gasteiger partial charge in [-0.05, 0) is 41.5 Å². The largest absolute Gasteiger partial charge is 0.478 e. The number of aromatic carboxylic acids is 1. The van der Waals surface area contributed by atoms with Gasteiger partial charge in [0.2, 0.25) is 5.91 Å². The van der Waals surface area contributed by atoms with E-state index in [-0.39, 0.29) is 16.4 Å². The average Bonchev–Trinajstić information content (AvgIpc) is 3.08. The third-order valence-corrected chi connectivity index (χ3v) is 6.24. The van der Waals surface area contributed by atoms with Crippen molar-refractivity contribution in [3.05, 3.63) is 65.4 Å². The maximum Gasteiger partial charge on any atom is 0.335 e. The van der Waals surface area contributed by atoms with Crippen LogP contribution >= 0.6 is 11.3 Å². The molecule has 0 bridgehead atoms. The summed E-state index contributed by atoms with van der Waals surface area (Å²) in [6.45, 7) is 1.39. The van der Waals surface area contributed by atoms with Gasteiger partial charge < -0.3 is 10.4 Å². The van der Waals surface area contributed by atoms with Crippen molar-refractivity contribution in [1.82, 2.24) is 4.98 Å². The van der Waals surface area contributed by atoms with E-state index in [2.05, 4.69) is 10.3 Å². The van der Waals surface area contributed by atoms with Crippen molar-refractivity contribution >= 4 is 50.3 Å². The van der Waals surface area contributed by atoms with Crippen LogP contribution in [0.1, 0.15) is 28.5 Å². The number of anilines is 1. The lowest BCUT2D eigenvalue weighted by molar-refractivity contribution is -0.114. The van der Waals surface area contributed by atoms with Gasteiger partial charge in [0.05, 0.1) is 21.0 Å². The normalized spacial score (nSPS) is 11.5. The highest BCUT2D eigenvalue weighted by molar-refractivity contribution is 7.90. The Morgan fingerprint density at radius 2 is 1.67 bits per heavy atom. The number of carboxylic acid groups (broad SMARTS) is 1. The first kappa shape index (κ1) is 21.4. The monoisotopic (exact) mass is 442 g/mol. The van der Waals surface area contributed by atoms with E-state index in [1.54, 1.807) is 36.4 Å². The van der Waals surface area contributed by atoms with Gasteiger partial charge in [0, 0.05) is 13.2 Å². The Bertz CT molecular complexity index is 1230. The van der Waals surface area contributed by atoms with E-state index in [9.17, 15) is 18.0 Å².